The van der Waals surface area contributed by atoms with Gasteiger partial charge in [0.1, 0.15) is 17.6 Å². The molecule has 2 aliphatic heterocycles. The first kappa shape index (κ1) is 26.6. The van der Waals surface area contributed by atoms with Gasteiger partial charge in [-0.15, -0.1) is 0 Å². The number of likely N-dealkylation sites (N-methyl/N-ethyl adjacent to an activating group) is 1. The van der Waals surface area contributed by atoms with E-state index in [0.717, 1.165) is 44.9 Å². The molecule has 0 aromatic heterocycles. The van der Waals surface area contributed by atoms with Crippen molar-refractivity contribution in [2.75, 3.05) is 33.2 Å². The second-order valence-corrected chi connectivity index (χ2v) is 11.9. The molecule has 0 radical (unpaired) electrons. The van der Waals surface area contributed by atoms with Gasteiger partial charge in [-0.25, -0.2) is 0 Å². The summed E-state index contributed by atoms with van der Waals surface area (Å²) in [6.07, 6.45) is 7.17. The molecule has 0 amide bonds. The van der Waals surface area contributed by atoms with Gasteiger partial charge in [0, 0.05) is 38.3 Å². The lowest BCUT2D eigenvalue weighted by Crippen LogP contribution is -3.11. The minimum absolute atomic E-state index is 0.0239. The number of quaternary nitrogens is 1. The Bertz CT molecular complexity index is 1160. The molecule has 0 bridgehead atoms. The standard InChI is InChI=1S/C35H45N3/c1-5-21-38-32-19-13-12-18-31(32)35(26-29-14-8-6-9-15-29,27-30-16-10-7-11-17-30)33(38)25-34-36(4)23-24-37(34)22-20-28(2)3/h6-19,25,28,33H,5,20-24,26-27H2,1-4H3/p+1/b34-25+. The van der Waals surface area contributed by atoms with Crippen LogP contribution >= 0.6 is 0 Å². The summed E-state index contributed by atoms with van der Waals surface area (Å²) in [5.74, 6) is 2.15. The van der Waals surface area contributed by atoms with E-state index in [1.807, 2.05) is 0 Å². The number of hydrogen-bond donors (Lipinski definition) is 1. The van der Waals surface area contributed by atoms with E-state index >= 15 is 0 Å². The van der Waals surface area contributed by atoms with Crippen LogP contribution in [0.5, 0.6) is 0 Å². The van der Waals surface area contributed by atoms with Gasteiger partial charge in [0.15, 0.2) is 0 Å². The third kappa shape index (κ3) is 5.40. The monoisotopic (exact) mass is 508 g/mol. The molecule has 1 N–H and O–H groups in total. The van der Waals surface area contributed by atoms with E-state index in [1.54, 1.807) is 4.90 Å². The summed E-state index contributed by atoms with van der Waals surface area (Å²) in [5.41, 5.74) is 5.86. The minimum atomic E-state index is -0.0239. The highest BCUT2D eigenvalue weighted by molar-refractivity contribution is 5.52. The van der Waals surface area contributed by atoms with Crippen LogP contribution in [0.1, 0.15) is 50.3 Å². The maximum Gasteiger partial charge on any atom is 0.135 e. The van der Waals surface area contributed by atoms with Gasteiger partial charge in [0.05, 0.1) is 12.0 Å². The topological polar surface area (TPSA) is 10.9 Å². The van der Waals surface area contributed by atoms with Crippen molar-refractivity contribution in [3.63, 3.8) is 0 Å². The van der Waals surface area contributed by atoms with Crippen molar-refractivity contribution in [2.24, 2.45) is 5.92 Å². The molecule has 1 saturated heterocycles. The number of hydrogen-bond acceptors (Lipinski definition) is 2. The third-order valence-corrected chi connectivity index (χ3v) is 8.74. The van der Waals surface area contributed by atoms with E-state index in [0.29, 0.717) is 6.04 Å². The van der Waals surface area contributed by atoms with Gasteiger partial charge in [0.25, 0.3) is 0 Å². The van der Waals surface area contributed by atoms with Gasteiger partial charge in [0.2, 0.25) is 0 Å². The first-order valence-corrected chi connectivity index (χ1v) is 14.7. The summed E-state index contributed by atoms with van der Waals surface area (Å²) in [5, 5.41) is 0. The molecule has 5 rings (SSSR count). The van der Waals surface area contributed by atoms with Crippen LogP contribution in [0.25, 0.3) is 0 Å². The van der Waals surface area contributed by atoms with Crippen LogP contribution in [0.2, 0.25) is 0 Å². The molecular weight excluding hydrogens is 462 g/mol. The van der Waals surface area contributed by atoms with E-state index in [2.05, 4.69) is 129 Å². The van der Waals surface area contributed by atoms with Gasteiger partial charge in [-0.1, -0.05) is 99.6 Å². The predicted octanol–water partition coefficient (Wildman–Crippen LogP) is 5.85. The Morgan fingerprint density at radius 2 is 1.47 bits per heavy atom. The van der Waals surface area contributed by atoms with E-state index in [9.17, 15) is 0 Å². The molecule has 0 spiro atoms. The van der Waals surface area contributed by atoms with Crippen molar-refractivity contribution in [3.8, 4) is 0 Å². The first-order valence-electron chi connectivity index (χ1n) is 14.7. The number of nitrogens with one attached hydrogen (secondary N) is 1. The van der Waals surface area contributed by atoms with Gasteiger partial charge >= 0.3 is 0 Å². The Balaban J connectivity index is 1.67. The van der Waals surface area contributed by atoms with Crippen LogP contribution in [0.3, 0.4) is 0 Å². The Morgan fingerprint density at radius 3 is 2.08 bits per heavy atom. The summed E-state index contributed by atoms with van der Waals surface area (Å²) >= 11 is 0. The van der Waals surface area contributed by atoms with Crippen LogP contribution in [0, 0.1) is 5.92 Å². The second-order valence-electron chi connectivity index (χ2n) is 11.9. The average Bonchev–Trinajstić information content (AvgIpc) is 3.40. The molecule has 1 fully saturated rings. The summed E-state index contributed by atoms with van der Waals surface area (Å²) in [7, 11) is 2.29. The number of fused-ring (bicyclic) bond motifs is 1. The van der Waals surface area contributed by atoms with Crippen molar-refractivity contribution < 1.29 is 4.90 Å². The van der Waals surface area contributed by atoms with Crippen molar-refractivity contribution in [1.29, 1.82) is 0 Å². The van der Waals surface area contributed by atoms with Crippen molar-refractivity contribution in [1.82, 2.24) is 9.80 Å². The lowest BCUT2D eigenvalue weighted by molar-refractivity contribution is -0.851. The Labute approximate surface area is 230 Å². The molecule has 38 heavy (non-hydrogen) atoms. The summed E-state index contributed by atoms with van der Waals surface area (Å²) in [6.45, 7) is 11.5. The molecular formula is C35H46N3+. The maximum atomic E-state index is 2.68. The molecule has 0 aliphatic carbocycles. The smallest absolute Gasteiger partial charge is 0.135 e. The second kappa shape index (κ2) is 11.8. The molecule has 3 aromatic carbocycles. The van der Waals surface area contributed by atoms with E-state index in [-0.39, 0.29) is 5.41 Å². The van der Waals surface area contributed by atoms with Crippen LogP contribution in [-0.4, -0.2) is 49.1 Å². The predicted molar refractivity (Wildman–Crippen MR) is 160 cm³/mol. The first-order chi connectivity index (χ1) is 18.5. The lowest BCUT2D eigenvalue weighted by Gasteiger charge is -2.36. The molecule has 2 unspecified atom stereocenters. The Morgan fingerprint density at radius 1 is 0.868 bits per heavy atom. The summed E-state index contributed by atoms with van der Waals surface area (Å²) in [6, 6.07) is 32.1. The molecule has 2 atom stereocenters. The van der Waals surface area contributed by atoms with Gasteiger partial charge in [-0.2, -0.15) is 0 Å². The quantitative estimate of drug-likeness (QED) is 0.368. The van der Waals surface area contributed by atoms with Crippen molar-refractivity contribution in [3.05, 3.63) is 114 Å². The fourth-order valence-corrected chi connectivity index (χ4v) is 6.84. The minimum Gasteiger partial charge on any atom is -0.360 e. The summed E-state index contributed by atoms with van der Waals surface area (Å²) in [4.78, 5) is 6.79. The molecule has 3 nitrogen and oxygen atoms in total. The molecule has 3 aromatic rings. The van der Waals surface area contributed by atoms with Crippen molar-refractivity contribution >= 4 is 5.69 Å². The SMILES string of the molecule is CCC[NH+]1c2ccccc2C(Cc2ccccc2)(Cc2ccccc2)C1/C=C1\N(C)CCN1CCC(C)C. The fourth-order valence-electron chi connectivity index (χ4n) is 6.84. The van der Waals surface area contributed by atoms with E-state index in [4.69, 9.17) is 0 Å². The van der Waals surface area contributed by atoms with Crippen LogP contribution in [0.4, 0.5) is 5.69 Å². The average molecular weight is 509 g/mol. The Hall–Kier alpha value is -3.04. The molecule has 2 heterocycles. The van der Waals surface area contributed by atoms with E-state index in [1.165, 1.54) is 41.0 Å². The fraction of sp³-hybridized carbons (Fsp3) is 0.429. The van der Waals surface area contributed by atoms with E-state index < -0.39 is 0 Å². The van der Waals surface area contributed by atoms with Crippen molar-refractivity contribution in [2.45, 2.75) is 57.9 Å². The van der Waals surface area contributed by atoms with Crippen LogP contribution in [-0.2, 0) is 18.3 Å². The third-order valence-electron chi connectivity index (χ3n) is 8.74. The Kier molecular flexibility index (Phi) is 8.24. The number of rotatable bonds is 10. The normalized spacial score (nSPS) is 21.4. The highest BCUT2D eigenvalue weighted by Gasteiger charge is 2.54. The highest BCUT2D eigenvalue weighted by Crippen LogP contribution is 2.43. The highest BCUT2D eigenvalue weighted by atomic mass is 15.4. The zero-order valence-electron chi connectivity index (χ0n) is 23.9. The van der Waals surface area contributed by atoms with Crippen LogP contribution < -0.4 is 4.90 Å². The largest absolute Gasteiger partial charge is 0.360 e. The molecule has 0 saturated carbocycles. The zero-order chi connectivity index (χ0) is 26.5. The van der Waals surface area contributed by atoms with Gasteiger partial charge in [-0.05, 0) is 48.8 Å². The summed E-state index contributed by atoms with van der Waals surface area (Å²) < 4.78 is 0. The number of para-hydroxylation sites is 1. The van der Waals surface area contributed by atoms with Crippen LogP contribution in [0.15, 0.2) is 96.8 Å². The van der Waals surface area contributed by atoms with Gasteiger partial charge < -0.3 is 9.80 Å². The molecule has 2 aliphatic rings. The number of benzene rings is 3. The number of nitrogens with zero attached hydrogens (tertiary/aromatic N) is 2. The molecule has 200 valence electrons. The zero-order valence-corrected chi connectivity index (χ0v) is 23.9. The molecule has 3 heteroatoms. The van der Waals surface area contributed by atoms with Gasteiger partial charge in [-0.3, -0.25) is 4.90 Å². The lowest BCUT2D eigenvalue weighted by atomic mass is 9.68. The maximum absolute atomic E-state index is 2.68.